The second-order valence-corrected chi connectivity index (χ2v) is 5.44. The van der Waals surface area contributed by atoms with Gasteiger partial charge in [-0.25, -0.2) is 0 Å². The second kappa shape index (κ2) is 2.94. The van der Waals surface area contributed by atoms with E-state index in [1.54, 1.807) is 24.3 Å². The van der Waals surface area contributed by atoms with Crippen LogP contribution in [0.5, 0.6) is 0 Å². The van der Waals surface area contributed by atoms with Crippen molar-refractivity contribution in [2.24, 2.45) is 5.92 Å². The lowest BCUT2D eigenvalue weighted by molar-refractivity contribution is -0.172. The van der Waals surface area contributed by atoms with Crippen molar-refractivity contribution < 1.29 is 17.6 Å². The smallest absolute Gasteiger partial charge is 0.198 e. The Balaban J connectivity index is 2.08. The van der Waals surface area contributed by atoms with Crippen molar-refractivity contribution in [1.82, 2.24) is 0 Å². The first kappa shape index (κ1) is 10.4. The largest absolute Gasteiger partial charge is 0.357 e. The minimum absolute atomic E-state index is 0.0520. The third-order valence-electron chi connectivity index (χ3n) is 3.30. The van der Waals surface area contributed by atoms with Crippen molar-refractivity contribution in [3.8, 4) is 0 Å². The van der Waals surface area contributed by atoms with E-state index in [0.717, 1.165) is 5.56 Å². The molecule has 0 amide bonds. The number of halogens is 4. The van der Waals surface area contributed by atoms with Crippen LogP contribution in [0, 0.1) is 5.92 Å². The maximum atomic E-state index is 13.5. The molecule has 1 aromatic rings. The molecule has 0 radical (unpaired) electrons. The quantitative estimate of drug-likeness (QED) is 0.628. The van der Waals surface area contributed by atoms with Gasteiger partial charge in [-0.1, -0.05) is 36.0 Å². The number of hydrogen-bond acceptors (Lipinski definition) is 1. The average Bonchev–Trinajstić information content (AvgIpc) is 2.64. The lowest BCUT2D eigenvalue weighted by Crippen LogP contribution is -2.38. The first-order valence-corrected chi connectivity index (χ1v) is 5.83. The highest BCUT2D eigenvalue weighted by Gasteiger charge is 2.71. The van der Waals surface area contributed by atoms with Crippen LogP contribution in [0.25, 0.3) is 0 Å². The minimum atomic E-state index is -3.93. The summed E-state index contributed by atoms with van der Waals surface area (Å²) >= 11 is 0.105. The van der Waals surface area contributed by atoms with Crippen molar-refractivity contribution in [1.29, 1.82) is 0 Å². The van der Waals surface area contributed by atoms with Gasteiger partial charge in [-0.05, 0) is 17.5 Å². The Morgan fingerprint density at radius 1 is 1.12 bits per heavy atom. The molecule has 0 N–H and O–H groups in total. The van der Waals surface area contributed by atoms with Gasteiger partial charge in [0.1, 0.15) is 0 Å². The Morgan fingerprint density at radius 2 is 1.81 bits per heavy atom. The number of thioether (sulfide) groups is 1. The Labute approximate surface area is 94.0 Å². The van der Waals surface area contributed by atoms with Gasteiger partial charge in [0.25, 0.3) is 0 Å². The van der Waals surface area contributed by atoms with Gasteiger partial charge in [0, 0.05) is 5.25 Å². The van der Waals surface area contributed by atoms with Gasteiger partial charge in [-0.2, -0.15) is 17.6 Å². The summed E-state index contributed by atoms with van der Waals surface area (Å²) in [5.41, 5.74) is 1.43. The molecule has 0 aromatic heterocycles. The van der Waals surface area contributed by atoms with Crippen LogP contribution < -0.4 is 0 Å². The molecule has 1 heterocycles. The molecule has 16 heavy (non-hydrogen) atoms. The van der Waals surface area contributed by atoms with Crippen molar-refractivity contribution in [3.63, 3.8) is 0 Å². The first-order chi connectivity index (χ1) is 7.43. The Morgan fingerprint density at radius 3 is 2.56 bits per heavy atom. The fraction of sp³-hybridized carbons (Fsp3) is 0.455. The highest BCUT2D eigenvalue weighted by molar-refractivity contribution is 8.00. The number of alkyl halides is 4. The van der Waals surface area contributed by atoms with E-state index in [1.807, 2.05) is 0 Å². The molecule has 5 heteroatoms. The molecule has 1 aliphatic carbocycles. The second-order valence-electron chi connectivity index (χ2n) is 4.19. The molecule has 2 atom stereocenters. The fourth-order valence-electron chi connectivity index (χ4n) is 2.48. The van der Waals surface area contributed by atoms with Gasteiger partial charge in [0.05, 0.1) is 5.92 Å². The number of hydrogen-bond donors (Lipinski definition) is 0. The summed E-state index contributed by atoms with van der Waals surface area (Å²) in [4.78, 5) is 0. The topological polar surface area (TPSA) is 0 Å². The van der Waals surface area contributed by atoms with Crippen LogP contribution in [0.15, 0.2) is 24.3 Å². The molecule has 0 saturated carbocycles. The lowest BCUT2D eigenvalue weighted by Gasteiger charge is -2.21. The third-order valence-corrected chi connectivity index (χ3v) is 4.70. The van der Waals surface area contributed by atoms with Crippen molar-refractivity contribution in [2.45, 2.75) is 22.8 Å². The predicted molar refractivity (Wildman–Crippen MR) is 53.9 cm³/mol. The van der Waals surface area contributed by atoms with E-state index in [4.69, 9.17) is 0 Å². The van der Waals surface area contributed by atoms with Crippen molar-refractivity contribution in [2.75, 3.05) is 0 Å². The van der Waals surface area contributed by atoms with E-state index in [0.29, 0.717) is 5.56 Å². The van der Waals surface area contributed by atoms with E-state index in [1.165, 1.54) is 0 Å². The van der Waals surface area contributed by atoms with Crippen LogP contribution in [-0.2, 0) is 6.42 Å². The minimum Gasteiger partial charge on any atom is -0.198 e. The standard InChI is InChI=1S/C11H8F4S/c12-10(13)8-5-6-3-1-2-4-7(6)9(8)16-11(10,14)15/h1-4,8-9H,5H2. The molecule has 1 fully saturated rings. The van der Waals surface area contributed by atoms with Gasteiger partial charge in [0.2, 0.25) is 0 Å². The molecule has 86 valence electrons. The fourth-order valence-corrected chi connectivity index (χ4v) is 3.89. The Bertz CT molecular complexity index is 443. The molecule has 0 spiro atoms. The Kier molecular flexibility index (Phi) is 1.92. The molecule has 2 aliphatic rings. The molecular formula is C11H8F4S. The zero-order valence-electron chi connectivity index (χ0n) is 8.09. The molecule has 3 rings (SSSR count). The number of benzene rings is 1. The van der Waals surface area contributed by atoms with Gasteiger partial charge < -0.3 is 0 Å². The lowest BCUT2D eigenvalue weighted by atomic mass is 9.98. The molecule has 0 bridgehead atoms. The van der Waals surface area contributed by atoms with E-state index >= 15 is 0 Å². The van der Waals surface area contributed by atoms with Gasteiger partial charge in [0.15, 0.2) is 0 Å². The zero-order chi connectivity index (χ0) is 11.6. The van der Waals surface area contributed by atoms with E-state index in [2.05, 4.69) is 0 Å². The third kappa shape index (κ3) is 1.12. The van der Waals surface area contributed by atoms with Crippen LogP contribution in [0.1, 0.15) is 16.4 Å². The molecule has 1 aromatic carbocycles. The molecule has 1 aliphatic heterocycles. The summed E-state index contributed by atoms with van der Waals surface area (Å²) in [7, 11) is 0. The highest BCUT2D eigenvalue weighted by atomic mass is 32.2. The number of rotatable bonds is 0. The summed E-state index contributed by atoms with van der Waals surface area (Å²) < 4.78 is 53.2. The summed E-state index contributed by atoms with van der Waals surface area (Å²) in [5.74, 6) is -5.16. The van der Waals surface area contributed by atoms with Crippen molar-refractivity contribution in [3.05, 3.63) is 35.4 Å². The summed E-state index contributed by atoms with van der Waals surface area (Å²) in [5, 5.41) is -4.70. The summed E-state index contributed by atoms with van der Waals surface area (Å²) in [6, 6.07) is 6.87. The number of fused-ring (bicyclic) bond motifs is 3. The maximum absolute atomic E-state index is 13.5. The highest BCUT2D eigenvalue weighted by Crippen LogP contribution is 2.67. The molecule has 0 nitrogen and oxygen atoms in total. The molecular weight excluding hydrogens is 240 g/mol. The summed E-state index contributed by atoms with van der Waals surface area (Å²) in [6.45, 7) is 0. The molecule has 2 unspecified atom stereocenters. The van der Waals surface area contributed by atoms with Crippen LogP contribution in [0.3, 0.4) is 0 Å². The molecule has 1 saturated heterocycles. The van der Waals surface area contributed by atoms with E-state index in [9.17, 15) is 17.6 Å². The summed E-state index contributed by atoms with van der Waals surface area (Å²) in [6.07, 6.45) is 0.0520. The zero-order valence-corrected chi connectivity index (χ0v) is 8.91. The van der Waals surface area contributed by atoms with E-state index < -0.39 is 22.3 Å². The predicted octanol–water partition coefficient (Wildman–Crippen LogP) is 3.87. The van der Waals surface area contributed by atoms with Crippen molar-refractivity contribution >= 4 is 11.8 Å². The van der Waals surface area contributed by atoms with Gasteiger partial charge >= 0.3 is 11.2 Å². The van der Waals surface area contributed by atoms with Crippen LogP contribution in [-0.4, -0.2) is 11.2 Å². The monoisotopic (exact) mass is 248 g/mol. The normalized spacial score (nSPS) is 33.5. The Hall–Kier alpha value is -0.710. The SMILES string of the molecule is FC1(F)SC2c3ccccc3CC2C1(F)F. The van der Waals surface area contributed by atoms with Gasteiger partial charge in [-0.15, -0.1) is 0 Å². The van der Waals surface area contributed by atoms with Crippen LogP contribution in [0.4, 0.5) is 17.6 Å². The van der Waals surface area contributed by atoms with Crippen LogP contribution in [0.2, 0.25) is 0 Å². The van der Waals surface area contributed by atoms with E-state index in [-0.39, 0.29) is 18.2 Å². The van der Waals surface area contributed by atoms with Gasteiger partial charge in [-0.3, -0.25) is 0 Å². The average molecular weight is 248 g/mol. The maximum Gasteiger partial charge on any atom is 0.357 e. The van der Waals surface area contributed by atoms with Crippen LogP contribution >= 0.6 is 11.8 Å². The first-order valence-electron chi connectivity index (χ1n) is 4.95.